The smallest absolute Gasteiger partial charge is 0.408 e. The Morgan fingerprint density at radius 1 is 1.36 bits per heavy atom. The zero-order valence-corrected chi connectivity index (χ0v) is 7.64. The molecule has 1 heterocycles. The number of alkyl carbamates (subject to hydrolysis) is 1. The molecule has 1 aliphatic rings. The molecule has 0 aliphatic carbocycles. The minimum Gasteiger partial charge on any atom is -0.439 e. The number of nitrogens with one attached hydrogen (secondary N) is 1. The third-order valence-corrected chi connectivity index (χ3v) is 2.23. The lowest BCUT2D eigenvalue weighted by Crippen LogP contribution is -2.24. The Morgan fingerprint density at radius 3 is 2.71 bits per heavy atom. The summed E-state index contributed by atoms with van der Waals surface area (Å²) in [5, 5.41) is 2.67. The maximum atomic E-state index is 11.0. The standard InChI is InChI=1S/C11H11NO2/c1-2-9-10(14-11(13)12-9)8-6-4-3-5-7-8/h2-7,9-10H,1H2,(H,12,13). The van der Waals surface area contributed by atoms with Crippen LogP contribution in [0.3, 0.4) is 0 Å². The second kappa shape index (κ2) is 3.54. The van der Waals surface area contributed by atoms with E-state index in [4.69, 9.17) is 4.74 Å². The number of carbonyl (C=O) groups excluding carboxylic acids is 1. The molecular formula is C11H11NO2. The van der Waals surface area contributed by atoms with Crippen LogP contribution in [-0.4, -0.2) is 12.1 Å². The van der Waals surface area contributed by atoms with Crippen molar-refractivity contribution in [3.63, 3.8) is 0 Å². The minimum absolute atomic E-state index is 0.134. The van der Waals surface area contributed by atoms with E-state index < -0.39 is 0 Å². The van der Waals surface area contributed by atoms with Crippen LogP contribution in [0.5, 0.6) is 0 Å². The van der Waals surface area contributed by atoms with E-state index in [1.807, 2.05) is 30.3 Å². The fourth-order valence-corrected chi connectivity index (χ4v) is 1.54. The van der Waals surface area contributed by atoms with E-state index in [1.54, 1.807) is 6.08 Å². The molecule has 1 aliphatic heterocycles. The first-order valence-corrected chi connectivity index (χ1v) is 4.46. The molecule has 0 bridgehead atoms. The van der Waals surface area contributed by atoms with Gasteiger partial charge in [0.25, 0.3) is 0 Å². The predicted molar refractivity (Wildman–Crippen MR) is 52.8 cm³/mol. The fourth-order valence-electron chi connectivity index (χ4n) is 1.54. The maximum absolute atomic E-state index is 11.0. The highest BCUT2D eigenvalue weighted by atomic mass is 16.6. The van der Waals surface area contributed by atoms with E-state index >= 15 is 0 Å². The van der Waals surface area contributed by atoms with Crippen LogP contribution in [0, 0.1) is 0 Å². The van der Waals surface area contributed by atoms with E-state index in [2.05, 4.69) is 11.9 Å². The van der Waals surface area contributed by atoms with Crippen LogP contribution < -0.4 is 5.32 Å². The average Bonchev–Trinajstić information content (AvgIpc) is 2.61. The van der Waals surface area contributed by atoms with Gasteiger partial charge in [0.1, 0.15) is 0 Å². The fraction of sp³-hybridized carbons (Fsp3) is 0.182. The summed E-state index contributed by atoms with van der Waals surface area (Å²) >= 11 is 0. The number of ether oxygens (including phenoxy) is 1. The summed E-state index contributed by atoms with van der Waals surface area (Å²) in [4.78, 5) is 11.0. The molecule has 14 heavy (non-hydrogen) atoms. The number of cyclic esters (lactones) is 1. The van der Waals surface area contributed by atoms with Gasteiger partial charge in [0, 0.05) is 0 Å². The van der Waals surface area contributed by atoms with Crippen molar-refractivity contribution < 1.29 is 9.53 Å². The first kappa shape index (κ1) is 8.81. The molecule has 2 unspecified atom stereocenters. The molecule has 1 aromatic carbocycles. The molecule has 1 N–H and O–H groups in total. The highest BCUT2D eigenvalue weighted by Crippen LogP contribution is 2.26. The van der Waals surface area contributed by atoms with E-state index in [9.17, 15) is 4.79 Å². The Hall–Kier alpha value is -1.77. The SMILES string of the molecule is C=CC1NC(=O)OC1c1ccccc1. The topological polar surface area (TPSA) is 38.3 Å². The van der Waals surface area contributed by atoms with Crippen molar-refractivity contribution in [2.24, 2.45) is 0 Å². The summed E-state index contributed by atoms with van der Waals surface area (Å²) in [6, 6.07) is 9.49. The van der Waals surface area contributed by atoms with Crippen molar-refractivity contribution in [2.45, 2.75) is 12.1 Å². The highest BCUT2D eigenvalue weighted by Gasteiger charge is 2.32. The van der Waals surface area contributed by atoms with Gasteiger partial charge < -0.3 is 10.1 Å². The van der Waals surface area contributed by atoms with Crippen LogP contribution >= 0.6 is 0 Å². The normalized spacial score (nSPS) is 25.3. The molecule has 1 aromatic rings. The summed E-state index contributed by atoms with van der Waals surface area (Å²) in [5.74, 6) is 0. The molecule has 72 valence electrons. The molecule has 3 nitrogen and oxygen atoms in total. The summed E-state index contributed by atoms with van der Waals surface area (Å²) in [6.45, 7) is 3.66. The van der Waals surface area contributed by atoms with Crippen molar-refractivity contribution in [3.8, 4) is 0 Å². The van der Waals surface area contributed by atoms with Gasteiger partial charge in [-0.25, -0.2) is 4.79 Å². The van der Waals surface area contributed by atoms with Gasteiger partial charge in [0.2, 0.25) is 0 Å². The number of carbonyl (C=O) groups is 1. The second-order valence-electron chi connectivity index (χ2n) is 3.14. The number of rotatable bonds is 2. The van der Waals surface area contributed by atoms with E-state index in [1.165, 1.54) is 0 Å². The van der Waals surface area contributed by atoms with Gasteiger partial charge in [0.15, 0.2) is 6.10 Å². The van der Waals surface area contributed by atoms with Crippen molar-refractivity contribution in [2.75, 3.05) is 0 Å². The molecule has 1 fully saturated rings. The first-order chi connectivity index (χ1) is 6.81. The first-order valence-electron chi connectivity index (χ1n) is 4.46. The molecule has 2 rings (SSSR count). The molecule has 1 amide bonds. The largest absolute Gasteiger partial charge is 0.439 e. The third-order valence-electron chi connectivity index (χ3n) is 2.23. The number of hydrogen-bond donors (Lipinski definition) is 1. The maximum Gasteiger partial charge on any atom is 0.408 e. The molecular weight excluding hydrogens is 178 g/mol. The number of amides is 1. The van der Waals surface area contributed by atoms with Crippen molar-refractivity contribution in [1.82, 2.24) is 5.32 Å². The van der Waals surface area contributed by atoms with Crippen LogP contribution in [-0.2, 0) is 4.74 Å². The van der Waals surface area contributed by atoms with Gasteiger partial charge in [-0.05, 0) is 5.56 Å². The minimum atomic E-state index is -0.385. The van der Waals surface area contributed by atoms with Crippen LogP contribution in [0.15, 0.2) is 43.0 Å². The van der Waals surface area contributed by atoms with Crippen molar-refractivity contribution in [3.05, 3.63) is 48.6 Å². The van der Waals surface area contributed by atoms with Crippen LogP contribution in [0.4, 0.5) is 4.79 Å². The Kier molecular flexibility index (Phi) is 2.23. The van der Waals surface area contributed by atoms with E-state index in [0.717, 1.165) is 5.56 Å². The van der Waals surface area contributed by atoms with Crippen LogP contribution in [0.2, 0.25) is 0 Å². The Morgan fingerprint density at radius 2 is 2.07 bits per heavy atom. The summed E-state index contributed by atoms with van der Waals surface area (Å²) in [7, 11) is 0. The number of benzene rings is 1. The van der Waals surface area contributed by atoms with Crippen LogP contribution in [0.25, 0.3) is 0 Å². The molecule has 0 saturated carbocycles. The van der Waals surface area contributed by atoms with Crippen molar-refractivity contribution in [1.29, 1.82) is 0 Å². The monoisotopic (exact) mass is 189 g/mol. The van der Waals surface area contributed by atoms with Crippen LogP contribution in [0.1, 0.15) is 11.7 Å². The zero-order chi connectivity index (χ0) is 9.97. The molecule has 3 heteroatoms. The van der Waals surface area contributed by atoms with Gasteiger partial charge in [-0.2, -0.15) is 0 Å². The zero-order valence-electron chi connectivity index (χ0n) is 7.64. The van der Waals surface area contributed by atoms with E-state index in [-0.39, 0.29) is 18.2 Å². The number of hydrogen-bond acceptors (Lipinski definition) is 2. The van der Waals surface area contributed by atoms with E-state index in [0.29, 0.717) is 0 Å². The molecule has 2 atom stereocenters. The third kappa shape index (κ3) is 1.48. The molecule has 0 spiro atoms. The molecule has 1 saturated heterocycles. The highest BCUT2D eigenvalue weighted by molar-refractivity contribution is 5.71. The lowest BCUT2D eigenvalue weighted by molar-refractivity contribution is 0.136. The Bertz CT molecular complexity index is 348. The Balaban J connectivity index is 2.26. The average molecular weight is 189 g/mol. The Labute approximate surface area is 82.4 Å². The van der Waals surface area contributed by atoms with Crippen molar-refractivity contribution >= 4 is 6.09 Å². The van der Waals surface area contributed by atoms with Gasteiger partial charge in [-0.15, -0.1) is 6.58 Å². The molecule has 0 radical (unpaired) electrons. The summed E-state index contributed by atoms with van der Waals surface area (Å²) in [5.41, 5.74) is 0.982. The van der Waals surface area contributed by atoms with Gasteiger partial charge >= 0.3 is 6.09 Å². The summed E-state index contributed by atoms with van der Waals surface area (Å²) in [6.07, 6.45) is 1.05. The second-order valence-corrected chi connectivity index (χ2v) is 3.14. The lowest BCUT2D eigenvalue weighted by Gasteiger charge is -2.12. The van der Waals surface area contributed by atoms with Gasteiger partial charge in [-0.3, -0.25) is 0 Å². The quantitative estimate of drug-likeness (QED) is 0.723. The van der Waals surface area contributed by atoms with Gasteiger partial charge in [0.05, 0.1) is 6.04 Å². The predicted octanol–water partition coefficient (Wildman–Crippen LogP) is 2.02. The van der Waals surface area contributed by atoms with Gasteiger partial charge in [-0.1, -0.05) is 36.4 Å². The lowest BCUT2D eigenvalue weighted by atomic mass is 10.0. The molecule has 0 aromatic heterocycles. The summed E-state index contributed by atoms with van der Waals surface area (Å²) < 4.78 is 5.13.